The molecule has 1 aliphatic rings. The highest BCUT2D eigenvalue weighted by atomic mass is 19.1. The van der Waals surface area contributed by atoms with Gasteiger partial charge in [0.2, 0.25) is 0 Å². The first kappa shape index (κ1) is 13.9. The molecule has 0 N–H and O–H groups in total. The minimum absolute atomic E-state index is 0.0171. The molecule has 23 heavy (non-hydrogen) atoms. The predicted octanol–water partition coefficient (Wildman–Crippen LogP) is 3.37. The second-order valence-electron chi connectivity index (χ2n) is 5.95. The van der Waals surface area contributed by atoms with Gasteiger partial charge in [0.1, 0.15) is 5.82 Å². The number of carbonyl (C=O) groups is 1. The summed E-state index contributed by atoms with van der Waals surface area (Å²) in [6.45, 7) is 2.70. The summed E-state index contributed by atoms with van der Waals surface area (Å²) in [6, 6.07) is 10.3. The standard InChI is InChI=1S/C18H16FN3O/c1-12-2-7-17-15(10-20-22(17)11-12)18(23)21-9-8-16(21)13-3-5-14(19)6-4-13/h2-7,10-11,16H,8-9H2,1H3. The number of hydrogen-bond donors (Lipinski definition) is 0. The van der Waals surface area contributed by atoms with Gasteiger partial charge in [0.15, 0.2) is 0 Å². The first-order valence-electron chi connectivity index (χ1n) is 7.64. The van der Waals surface area contributed by atoms with E-state index in [0.29, 0.717) is 12.1 Å². The second kappa shape index (κ2) is 5.19. The van der Waals surface area contributed by atoms with E-state index in [9.17, 15) is 9.18 Å². The number of hydrogen-bond acceptors (Lipinski definition) is 2. The molecule has 1 amide bonds. The third kappa shape index (κ3) is 2.29. The SMILES string of the molecule is Cc1ccc2c(C(=O)N3CCC3c3ccc(F)cc3)cnn2c1. The van der Waals surface area contributed by atoms with E-state index in [2.05, 4.69) is 5.10 Å². The molecule has 1 unspecified atom stereocenters. The Kier molecular flexibility index (Phi) is 3.15. The van der Waals surface area contributed by atoms with Crippen LogP contribution in [0.3, 0.4) is 0 Å². The van der Waals surface area contributed by atoms with Crippen LogP contribution in [0.4, 0.5) is 4.39 Å². The molecule has 0 spiro atoms. The van der Waals surface area contributed by atoms with E-state index < -0.39 is 0 Å². The van der Waals surface area contributed by atoms with Crippen molar-refractivity contribution in [2.45, 2.75) is 19.4 Å². The van der Waals surface area contributed by atoms with Gasteiger partial charge in [-0.1, -0.05) is 18.2 Å². The molecule has 4 rings (SSSR count). The molecule has 4 nitrogen and oxygen atoms in total. The molecule has 2 aromatic heterocycles. The minimum atomic E-state index is -0.260. The molecule has 0 aliphatic carbocycles. The molecular formula is C18H16FN3O. The normalized spacial score (nSPS) is 17.3. The van der Waals surface area contributed by atoms with E-state index >= 15 is 0 Å². The van der Waals surface area contributed by atoms with Crippen molar-refractivity contribution in [2.24, 2.45) is 0 Å². The Hall–Kier alpha value is -2.69. The fourth-order valence-electron chi connectivity index (χ4n) is 3.07. The smallest absolute Gasteiger partial charge is 0.258 e. The summed E-state index contributed by atoms with van der Waals surface area (Å²) < 4.78 is 14.8. The van der Waals surface area contributed by atoms with Gasteiger partial charge in [0.25, 0.3) is 5.91 Å². The number of fused-ring (bicyclic) bond motifs is 1. The Balaban J connectivity index is 1.64. The van der Waals surface area contributed by atoms with Crippen molar-refractivity contribution >= 4 is 11.4 Å². The number of halogens is 1. The zero-order chi connectivity index (χ0) is 16.0. The second-order valence-corrected chi connectivity index (χ2v) is 5.95. The number of likely N-dealkylation sites (tertiary alicyclic amines) is 1. The van der Waals surface area contributed by atoms with Gasteiger partial charge < -0.3 is 4.90 Å². The molecule has 1 fully saturated rings. The molecule has 0 bridgehead atoms. The van der Waals surface area contributed by atoms with E-state index in [1.807, 2.05) is 30.2 Å². The fourth-order valence-corrected chi connectivity index (χ4v) is 3.07. The van der Waals surface area contributed by atoms with Crippen LogP contribution in [0.2, 0.25) is 0 Å². The summed E-state index contributed by atoms with van der Waals surface area (Å²) in [6.07, 6.45) is 4.42. The number of aryl methyl sites for hydroxylation is 1. The minimum Gasteiger partial charge on any atom is -0.331 e. The number of aromatic nitrogens is 2. The van der Waals surface area contributed by atoms with E-state index in [-0.39, 0.29) is 17.8 Å². The number of amides is 1. The van der Waals surface area contributed by atoms with Crippen LogP contribution >= 0.6 is 0 Å². The molecule has 1 atom stereocenters. The maximum Gasteiger partial charge on any atom is 0.258 e. The molecule has 5 heteroatoms. The topological polar surface area (TPSA) is 37.6 Å². The molecule has 1 aromatic carbocycles. The average molecular weight is 309 g/mol. The quantitative estimate of drug-likeness (QED) is 0.728. The summed E-state index contributed by atoms with van der Waals surface area (Å²) in [4.78, 5) is 14.7. The molecule has 0 radical (unpaired) electrons. The largest absolute Gasteiger partial charge is 0.331 e. The summed E-state index contributed by atoms with van der Waals surface area (Å²) in [5, 5.41) is 4.27. The van der Waals surface area contributed by atoms with Gasteiger partial charge in [-0.3, -0.25) is 4.79 Å². The zero-order valence-electron chi connectivity index (χ0n) is 12.7. The lowest BCUT2D eigenvalue weighted by atomic mass is 9.94. The zero-order valence-corrected chi connectivity index (χ0v) is 12.7. The van der Waals surface area contributed by atoms with Crippen molar-refractivity contribution in [1.82, 2.24) is 14.5 Å². The number of benzene rings is 1. The van der Waals surface area contributed by atoms with Crippen LogP contribution in [-0.2, 0) is 0 Å². The lowest BCUT2D eigenvalue weighted by molar-refractivity contribution is 0.0462. The first-order valence-corrected chi connectivity index (χ1v) is 7.64. The number of rotatable bonds is 2. The van der Waals surface area contributed by atoms with Gasteiger partial charge in [-0.2, -0.15) is 5.10 Å². The van der Waals surface area contributed by atoms with Crippen molar-refractivity contribution < 1.29 is 9.18 Å². The van der Waals surface area contributed by atoms with Gasteiger partial charge in [0, 0.05) is 12.7 Å². The first-order chi connectivity index (χ1) is 11.1. The lowest BCUT2D eigenvalue weighted by Crippen LogP contribution is -2.45. The van der Waals surface area contributed by atoms with Gasteiger partial charge in [-0.05, 0) is 42.7 Å². The van der Waals surface area contributed by atoms with Crippen LogP contribution in [-0.4, -0.2) is 27.0 Å². The average Bonchev–Trinajstić information content (AvgIpc) is 2.91. The lowest BCUT2D eigenvalue weighted by Gasteiger charge is -2.41. The van der Waals surface area contributed by atoms with Gasteiger partial charge in [-0.25, -0.2) is 8.91 Å². The molecular weight excluding hydrogens is 293 g/mol. The fraction of sp³-hybridized carbons (Fsp3) is 0.222. The van der Waals surface area contributed by atoms with Crippen molar-refractivity contribution in [3.05, 3.63) is 71.3 Å². The Labute approximate surface area is 133 Å². The number of nitrogens with zero attached hydrogens (tertiary/aromatic N) is 3. The number of pyridine rings is 1. The van der Waals surface area contributed by atoms with E-state index in [1.54, 1.807) is 22.8 Å². The Morgan fingerprint density at radius 1 is 1.22 bits per heavy atom. The molecule has 1 saturated heterocycles. The maximum atomic E-state index is 13.1. The summed E-state index contributed by atoms with van der Waals surface area (Å²) >= 11 is 0. The highest BCUT2D eigenvalue weighted by molar-refractivity contribution is 6.01. The third-order valence-electron chi connectivity index (χ3n) is 4.43. The van der Waals surface area contributed by atoms with Crippen molar-refractivity contribution in [3.8, 4) is 0 Å². The Morgan fingerprint density at radius 3 is 2.70 bits per heavy atom. The summed E-state index contributed by atoms with van der Waals surface area (Å²) in [5.74, 6) is -0.284. The van der Waals surface area contributed by atoms with Crippen LogP contribution in [0.25, 0.3) is 5.52 Å². The maximum absolute atomic E-state index is 13.1. The van der Waals surface area contributed by atoms with Crippen LogP contribution in [0, 0.1) is 12.7 Å². The highest BCUT2D eigenvalue weighted by Crippen LogP contribution is 2.35. The van der Waals surface area contributed by atoms with Crippen LogP contribution in [0.5, 0.6) is 0 Å². The van der Waals surface area contributed by atoms with Crippen molar-refractivity contribution in [1.29, 1.82) is 0 Å². The summed E-state index contributed by atoms with van der Waals surface area (Å²) in [5.41, 5.74) is 3.48. The van der Waals surface area contributed by atoms with E-state index in [0.717, 1.165) is 23.1 Å². The van der Waals surface area contributed by atoms with E-state index in [4.69, 9.17) is 0 Å². The van der Waals surface area contributed by atoms with Gasteiger partial charge in [0.05, 0.1) is 23.3 Å². The number of carbonyl (C=O) groups excluding carboxylic acids is 1. The van der Waals surface area contributed by atoms with E-state index in [1.165, 1.54) is 12.1 Å². The molecule has 1 aliphatic heterocycles. The van der Waals surface area contributed by atoms with Gasteiger partial charge in [-0.15, -0.1) is 0 Å². The van der Waals surface area contributed by atoms with Crippen LogP contribution in [0.15, 0.2) is 48.8 Å². The molecule has 3 heterocycles. The van der Waals surface area contributed by atoms with Crippen molar-refractivity contribution in [2.75, 3.05) is 6.54 Å². The highest BCUT2D eigenvalue weighted by Gasteiger charge is 2.34. The third-order valence-corrected chi connectivity index (χ3v) is 4.43. The van der Waals surface area contributed by atoms with Crippen LogP contribution < -0.4 is 0 Å². The molecule has 116 valence electrons. The summed E-state index contributed by atoms with van der Waals surface area (Å²) in [7, 11) is 0. The predicted molar refractivity (Wildman–Crippen MR) is 84.7 cm³/mol. The van der Waals surface area contributed by atoms with Gasteiger partial charge >= 0.3 is 0 Å². The molecule has 3 aromatic rings. The van der Waals surface area contributed by atoms with Crippen LogP contribution in [0.1, 0.15) is 33.9 Å². The van der Waals surface area contributed by atoms with Crippen molar-refractivity contribution in [3.63, 3.8) is 0 Å². The monoisotopic (exact) mass is 309 g/mol. The Bertz CT molecular complexity index is 885. The molecule has 0 saturated carbocycles. The Morgan fingerprint density at radius 2 is 2.00 bits per heavy atom.